The van der Waals surface area contributed by atoms with Crippen molar-refractivity contribution in [3.8, 4) is 22.9 Å². The van der Waals surface area contributed by atoms with E-state index in [0.717, 1.165) is 30.5 Å². The lowest BCUT2D eigenvalue weighted by Gasteiger charge is -2.26. The average molecular weight is 422 g/mol. The number of carbonyl (C=O) groups excluding carboxylic acids is 1. The second kappa shape index (κ2) is 9.02. The van der Waals surface area contributed by atoms with Gasteiger partial charge in [-0.05, 0) is 48.6 Å². The first kappa shape index (κ1) is 19.9. The highest BCUT2D eigenvalue weighted by Gasteiger charge is 2.22. The van der Waals surface area contributed by atoms with Gasteiger partial charge in [0.2, 0.25) is 5.88 Å². The van der Waals surface area contributed by atoms with Crippen LogP contribution in [0.2, 0.25) is 0 Å². The summed E-state index contributed by atoms with van der Waals surface area (Å²) in [4.78, 5) is 21.5. The fourth-order valence-electron chi connectivity index (χ4n) is 4.13. The van der Waals surface area contributed by atoms with E-state index in [1.807, 2.05) is 48.5 Å². The molecule has 5 nitrogen and oxygen atoms in total. The van der Waals surface area contributed by atoms with E-state index in [1.54, 1.807) is 18.2 Å². The van der Waals surface area contributed by atoms with E-state index in [4.69, 9.17) is 4.74 Å². The largest absolute Gasteiger partial charge is 0.439 e. The van der Waals surface area contributed by atoms with E-state index in [2.05, 4.69) is 33.5 Å². The highest BCUT2D eigenvalue weighted by atomic mass is 16.5. The van der Waals surface area contributed by atoms with Gasteiger partial charge in [-0.2, -0.15) is 0 Å². The number of hydrogen-bond donors (Lipinski definition) is 1. The minimum atomic E-state index is -0.107. The molecular weight excluding hydrogens is 398 g/mol. The first-order valence-electron chi connectivity index (χ1n) is 10.8. The molecule has 158 valence electrons. The van der Waals surface area contributed by atoms with Crippen LogP contribution in [-0.4, -0.2) is 15.9 Å². The van der Waals surface area contributed by atoms with Crippen LogP contribution in [0.25, 0.3) is 11.3 Å². The molecule has 3 aromatic carbocycles. The Morgan fingerprint density at radius 2 is 1.75 bits per heavy atom. The maximum absolute atomic E-state index is 13.0. The van der Waals surface area contributed by atoms with Crippen molar-refractivity contribution < 1.29 is 9.53 Å². The highest BCUT2D eigenvalue weighted by molar-refractivity contribution is 5.94. The fourth-order valence-corrected chi connectivity index (χ4v) is 4.13. The minimum absolute atomic E-state index is 0.0346. The molecule has 32 heavy (non-hydrogen) atoms. The Morgan fingerprint density at radius 3 is 2.66 bits per heavy atom. The fraction of sp³-hybridized carbons (Fsp3) is 0.148. The topological polar surface area (TPSA) is 64.1 Å². The molecule has 1 amide bonds. The zero-order valence-electron chi connectivity index (χ0n) is 17.6. The van der Waals surface area contributed by atoms with Crippen LogP contribution in [0.1, 0.15) is 40.4 Å². The van der Waals surface area contributed by atoms with Crippen molar-refractivity contribution in [1.29, 1.82) is 0 Å². The van der Waals surface area contributed by atoms with Crippen LogP contribution in [0.5, 0.6) is 11.6 Å². The number of nitrogens with zero attached hydrogens (tertiary/aromatic N) is 2. The average Bonchev–Trinajstić information content (AvgIpc) is 2.85. The van der Waals surface area contributed by atoms with Crippen molar-refractivity contribution in [2.24, 2.45) is 0 Å². The van der Waals surface area contributed by atoms with Gasteiger partial charge < -0.3 is 10.1 Å². The predicted molar refractivity (Wildman–Crippen MR) is 124 cm³/mol. The van der Waals surface area contributed by atoms with Crippen molar-refractivity contribution in [1.82, 2.24) is 15.3 Å². The smallest absolute Gasteiger partial charge is 0.251 e. The Labute approximate surface area is 187 Å². The van der Waals surface area contributed by atoms with Crippen LogP contribution in [0.4, 0.5) is 0 Å². The van der Waals surface area contributed by atoms with E-state index in [-0.39, 0.29) is 11.9 Å². The Kier molecular flexibility index (Phi) is 5.62. The van der Waals surface area contributed by atoms with E-state index in [0.29, 0.717) is 17.2 Å². The number of ether oxygens (including phenoxy) is 1. The molecule has 0 unspecified atom stereocenters. The number of hydrogen-bond acceptors (Lipinski definition) is 4. The van der Waals surface area contributed by atoms with Gasteiger partial charge in [0.25, 0.3) is 5.91 Å². The minimum Gasteiger partial charge on any atom is -0.439 e. The van der Waals surface area contributed by atoms with Crippen molar-refractivity contribution in [2.75, 3.05) is 0 Å². The molecule has 1 heterocycles. The van der Waals surface area contributed by atoms with Crippen molar-refractivity contribution in [3.63, 3.8) is 0 Å². The van der Waals surface area contributed by atoms with Crippen molar-refractivity contribution >= 4 is 5.91 Å². The van der Waals surface area contributed by atoms with Crippen LogP contribution in [0, 0.1) is 0 Å². The number of aromatic nitrogens is 2. The van der Waals surface area contributed by atoms with Crippen LogP contribution >= 0.6 is 0 Å². The summed E-state index contributed by atoms with van der Waals surface area (Å²) in [5.41, 5.74) is 4.86. The number of fused-ring (bicyclic) bond motifs is 1. The van der Waals surface area contributed by atoms with Crippen LogP contribution in [-0.2, 0) is 6.42 Å². The van der Waals surface area contributed by atoms with Crippen molar-refractivity contribution in [2.45, 2.75) is 25.3 Å². The lowest BCUT2D eigenvalue weighted by atomic mass is 9.87. The Balaban J connectivity index is 1.32. The number of rotatable bonds is 5. The number of benzene rings is 3. The summed E-state index contributed by atoms with van der Waals surface area (Å²) in [6, 6.07) is 27.2. The maximum atomic E-state index is 13.0. The molecule has 5 rings (SSSR count). The standard InChI is InChI=1S/C27H23N3O2/c31-27(30-24-15-7-11-19-8-4-5-14-23(19)24)21-12-6-13-22(16-21)32-26-17-25(28-18-29-26)20-9-2-1-3-10-20/h1-6,8-10,12-14,16-18,24H,7,11,15H2,(H,30,31)/t24-/m1/s1. The molecule has 0 fully saturated rings. The molecule has 1 atom stereocenters. The number of amides is 1. The summed E-state index contributed by atoms with van der Waals surface area (Å²) in [5.74, 6) is 0.877. The summed E-state index contributed by atoms with van der Waals surface area (Å²) in [5, 5.41) is 3.19. The highest BCUT2D eigenvalue weighted by Crippen LogP contribution is 2.30. The van der Waals surface area contributed by atoms with Crippen LogP contribution in [0.3, 0.4) is 0 Å². The molecule has 0 spiro atoms. The van der Waals surface area contributed by atoms with Gasteiger partial charge in [0.15, 0.2) is 0 Å². The summed E-state index contributed by atoms with van der Waals surface area (Å²) in [6.45, 7) is 0. The van der Waals surface area contributed by atoms with Gasteiger partial charge in [0, 0.05) is 17.2 Å². The molecule has 1 N–H and O–H groups in total. The van der Waals surface area contributed by atoms with Gasteiger partial charge in [-0.25, -0.2) is 9.97 Å². The maximum Gasteiger partial charge on any atom is 0.251 e. The summed E-state index contributed by atoms with van der Waals surface area (Å²) >= 11 is 0. The van der Waals surface area contributed by atoms with E-state index in [9.17, 15) is 4.79 Å². The SMILES string of the molecule is O=C(N[C@@H]1CCCc2ccccc21)c1cccc(Oc2cc(-c3ccccc3)ncn2)c1. The normalized spacial score (nSPS) is 14.9. The third kappa shape index (κ3) is 4.37. The monoisotopic (exact) mass is 421 g/mol. The predicted octanol–water partition coefficient (Wildman–Crippen LogP) is 5.74. The number of nitrogens with one attached hydrogen (secondary N) is 1. The van der Waals surface area contributed by atoms with Gasteiger partial charge >= 0.3 is 0 Å². The molecule has 0 bridgehead atoms. The van der Waals surface area contributed by atoms with Gasteiger partial charge in [-0.15, -0.1) is 0 Å². The molecule has 1 aliphatic carbocycles. The molecular formula is C27H23N3O2. The lowest BCUT2D eigenvalue weighted by Crippen LogP contribution is -2.30. The lowest BCUT2D eigenvalue weighted by molar-refractivity contribution is 0.0932. The van der Waals surface area contributed by atoms with Gasteiger partial charge in [-0.1, -0.05) is 60.7 Å². The first-order valence-corrected chi connectivity index (χ1v) is 10.8. The zero-order valence-corrected chi connectivity index (χ0v) is 17.6. The number of carbonyl (C=O) groups is 1. The summed E-state index contributed by atoms with van der Waals surface area (Å²) < 4.78 is 5.95. The third-order valence-electron chi connectivity index (χ3n) is 5.70. The molecule has 0 radical (unpaired) electrons. The van der Waals surface area contributed by atoms with E-state index < -0.39 is 0 Å². The zero-order chi connectivity index (χ0) is 21.8. The molecule has 0 aliphatic heterocycles. The summed E-state index contributed by atoms with van der Waals surface area (Å²) in [6.07, 6.45) is 4.56. The van der Waals surface area contributed by atoms with E-state index >= 15 is 0 Å². The van der Waals surface area contributed by atoms with Gasteiger partial charge in [0.05, 0.1) is 11.7 Å². The quantitative estimate of drug-likeness (QED) is 0.446. The van der Waals surface area contributed by atoms with Crippen LogP contribution < -0.4 is 10.1 Å². The third-order valence-corrected chi connectivity index (χ3v) is 5.70. The van der Waals surface area contributed by atoms with Gasteiger partial charge in [0.1, 0.15) is 12.1 Å². The number of aryl methyl sites for hydroxylation is 1. The van der Waals surface area contributed by atoms with Crippen molar-refractivity contribution in [3.05, 3.63) is 108 Å². The molecule has 1 aromatic heterocycles. The molecule has 0 saturated heterocycles. The molecule has 5 heteroatoms. The van der Waals surface area contributed by atoms with Crippen LogP contribution in [0.15, 0.2) is 91.3 Å². The van der Waals surface area contributed by atoms with E-state index in [1.165, 1.54) is 17.5 Å². The Morgan fingerprint density at radius 1 is 0.906 bits per heavy atom. The Hall–Kier alpha value is -3.99. The van der Waals surface area contributed by atoms with Gasteiger partial charge in [-0.3, -0.25) is 4.79 Å². The Bertz CT molecular complexity index is 1240. The molecule has 4 aromatic rings. The second-order valence-corrected chi connectivity index (χ2v) is 7.85. The summed E-state index contributed by atoms with van der Waals surface area (Å²) in [7, 11) is 0. The molecule has 1 aliphatic rings. The second-order valence-electron chi connectivity index (χ2n) is 7.85. The molecule has 0 saturated carbocycles. The first-order chi connectivity index (χ1) is 15.8.